The van der Waals surface area contributed by atoms with Gasteiger partial charge in [-0.25, -0.2) is 0 Å². The fourth-order valence-electron chi connectivity index (χ4n) is 1.34. The van der Waals surface area contributed by atoms with Gasteiger partial charge in [0.2, 0.25) is 0 Å². The maximum absolute atomic E-state index is 12.3. The van der Waals surface area contributed by atoms with Crippen LogP contribution >= 0.6 is 0 Å². The van der Waals surface area contributed by atoms with Crippen molar-refractivity contribution >= 4 is 5.78 Å². The molecule has 0 saturated carbocycles. The summed E-state index contributed by atoms with van der Waals surface area (Å²) in [5, 5.41) is 8.43. The molecular weight excluding hydrogens is 231 g/mol. The van der Waals surface area contributed by atoms with Gasteiger partial charge in [-0.05, 0) is 12.1 Å². The van der Waals surface area contributed by atoms with Crippen LogP contribution in [0.5, 0.6) is 0 Å². The van der Waals surface area contributed by atoms with Gasteiger partial charge in [0, 0.05) is 17.9 Å². The molecule has 0 heterocycles. The van der Waals surface area contributed by atoms with Gasteiger partial charge in [-0.15, -0.1) is 0 Å². The van der Waals surface area contributed by atoms with Crippen molar-refractivity contribution < 1.29 is 18.0 Å². The number of rotatable bonds is 3. The first-order chi connectivity index (χ1) is 7.86. The summed E-state index contributed by atoms with van der Waals surface area (Å²) in [6.07, 6.45) is -4.35. The molecule has 0 aliphatic rings. The summed E-state index contributed by atoms with van der Waals surface area (Å²) in [7, 11) is 0. The highest BCUT2D eigenvalue weighted by Crippen LogP contribution is 2.29. The zero-order valence-electron chi connectivity index (χ0n) is 9.08. The fourth-order valence-corrected chi connectivity index (χ4v) is 1.34. The van der Waals surface area contributed by atoms with Crippen LogP contribution in [-0.2, 0) is 6.18 Å². The van der Waals surface area contributed by atoms with Gasteiger partial charge in [-0.2, -0.15) is 18.4 Å². The van der Waals surface area contributed by atoms with Crippen molar-refractivity contribution in [3.05, 3.63) is 35.4 Å². The number of nitrogens with zero attached hydrogens (tertiary/aromatic N) is 1. The Morgan fingerprint density at radius 3 is 2.29 bits per heavy atom. The molecule has 0 amide bonds. The van der Waals surface area contributed by atoms with E-state index in [-0.39, 0.29) is 17.8 Å². The van der Waals surface area contributed by atoms with Gasteiger partial charge in [0.1, 0.15) is 0 Å². The first kappa shape index (κ1) is 13.2. The van der Waals surface area contributed by atoms with Gasteiger partial charge in [0.15, 0.2) is 5.78 Å². The highest BCUT2D eigenvalue weighted by molar-refractivity contribution is 5.97. The van der Waals surface area contributed by atoms with Gasteiger partial charge in [0.25, 0.3) is 0 Å². The molecule has 0 bridgehead atoms. The molecule has 5 heteroatoms. The fraction of sp³-hybridized carbons (Fsp3) is 0.333. The van der Waals surface area contributed by atoms with E-state index >= 15 is 0 Å². The molecule has 1 unspecified atom stereocenters. The standard InChI is InChI=1S/C12H10F3NO/c1-8(6-7-16)11(17)9-2-4-10(5-3-9)12(13,14)15/h2-5,8H,6H2,1H3. The van der Waals surface area contributed by atoms with Gasteiger partial charge in [-0.3, -0.25) is 4.79 Å². The van der Waals surface area contributed by atoms with Gasteiger partial charge in [0.05, 0.1) is 11.6 Å². The predicted molar refractivity (Wildman–Crippen MR) is 55.2 cm³/mol. The maximum Gasteiger partial charge on any atom is 0.416 e. The van der Waals surface area contributed by atoms with Crippen molar-refractivity contribution in [2.45, 2.75) is 19.5 Å². The second-order valence-electron chi connectivity index (χ2n) is 3.70. The zero-order valence-corrected chi connectivity index (χ0v) is 9.08. The quantitative estimate of drug-likeness (QED) is 0.760. The lowest BCUT2D eigenvalue weighted by Gasteiger charge is -2.09. The minimum absolute atomic E-state index is 0.0554. The minimum atomic E-state index is -4.40. The van der Waals surface area contributed by atoms with Crippen molar-refractivity contribution in [2.75, 3.05) is 0 Å². The number of hydrogen-bond acceptors (Lipinski definition) is 2. The molecule has 0 saturated heterocycles. The first-order valence-electron chi connectivity index (χ1n) is 4.94. The van der Waals surface area contributed by atoms with E-state index in [1.165, 1.54) is 0 Å². The number of carbonyl (C=O) groups is 1. The van der Waals surface area contributed by atoms with Crippen LogP contribution in [0.2, 0.25) is 0 Å². The number of benzene rings is 1. The summed E-state index contributed by atoms with van der Waals surface area (Å²) in [4.78, 5) is 11.7. The van der Waals surface area contributed by atoms with E-state index in [0.29, 0.717) is 0 Å². The van der Waals surface area contributed by atoms with Crippen LogP contribution in [0.15, 0.2) is 24.3 Å². The van der Waals surface area contributed by atoms with Crippen molar-refractivity contribution in [3.63, 3.8) is 0 Å². The Bertz CT molecular complexity index is 442. The van der Waals surface area contributed by atoms with Crippen LogP contribution in [0.1, 0.15) is 29.3 Å². The topological polar surface area (TPSA) is 40.9 Å². The zero-order chi connectivity index (χ0) is 13.1. The van der Waals surface area contributed by atoms with E-state index in [4.69, 9.17) is 5.26 Å². The Kier molecular flexibility index (Phi) is 3.89. The highest BCUT2D eigenvalue weighted by atomic mass is 19.4. The molecule has 0 aliphatic heterocycles. The number of alkyl halides is 3. The second-order valence-corrected chi connectivity index (χ2v) is 3.70. The molecule has 2 nitrogen and oxygen atoms in total. The van der Waals surface area contributed by atoms with Gasteiger partial charge in [-0.1, -0.05) is 19.1 Å². The van der Waals surface area contributed by atoms with E-state index in [0.717, 1.165) is 24.3 Å². The summed E-state index contributed by atoms with van der Waals surface area (Å²) in [6, 6.07) is 5.86. The smallest absolute Gasteiger partial charge is 0.294 e. The van der Waals surface area contributed by atoms with Crippen LogP contribution in [-0.4, -0.2) is 5.78 Å². The number of nitriles is 1. The lowest BCUT2D eigenvalue weighted by molar-refractivity contribution is -0.137. The molecule has 0 radical (unpaired) electrons. The average molecular weight is 241 g/mol. The molecule has 0 spiro atoms. The summed E-state index contributed by atoms with van der Waals surface area (Å²) < 4.78 is 36.8. The number of Topliss-reactive ketones (excluding diaryl/α,β-unsaturated/α-hetero) is 1. The van der Waals surface area contributed by atoms with Gasteiger partial charge < -0.3 is 0 Å². The monoisotopic (exact) mass is 241 g/mol. The molecule has 0 aromatic heterocycles. The van der Waals surface area contributed by atoms with Crippen molar-refractivity contribution in [3.8, 4) is 6.07 Å². The predicted octanol–water partition coefficient (Wildman–Crippen LogP) is 3.44. The lowest BCUT2D eigenvalue weighted by atomic mass is 9.96. The van der Waals surface area contributed by atoms with Crippen molar-refractivity contribution in [1.29, 1.82) is 5.26 Å². The lowest BCUT2D eigenvalue weighted by Crippen LogP contribution is -2.11. The third kappa shape index (κ3) is 3.31. The van der Waals surface area contributed by atoms with Crippen LogP contribution in [0.4, 0.5) is 13.2 Å². The second kappa shape index (κ2) is 5.00. The Morgan fingerprint density at radius 2 is 1.88 bits per heavy atom. The molecule has 17 heavy (non-hydrogen) atoms. The number of halogens is 3. The van der Waals surface area contributed by atoms with Crippen LogP contribution in [0, 0.1) is 17.2 Å². The number of hydrogen-bond donors (Lipinski definition) is 0. The Hall–Kier alpha value is -1.83. The third-order valence-electron chi connectivity index (χ3n) is 2.34. The third-order valence-corrected chi connectivity index (χ3v) is 2.34. The Morgan fingerprint density at radius 1 is 1.35 bits per heavy atom. The molecule has 1 atom stereocenters. The molecule has 0 fully saturated rings. The SMILES string of the molecule is CC(CC#N)C(=O)c1ccc(C(F)(F)F)cc1. The number of carbonyl (C=O) groups excluding carboxylic acids is 1. The Balaban J connectivity index is 2.89. The van der Waals surface area contributed by atoms with E-state index in [2.05, 4.69) is 0 Å². The normalized spacial score (nSPS) is 12.9. The molecule has 0 N–H and O–H groups in total. The summed E-state index contributed by atoms with van der Waals surface area (Å²) in [5.74, 6) is -0.822. The molecule has 90 valence electrons. The van der Waals surface area contributed by atoms with Crippen LogP contribution in [0.3, 0.4) is 0 Å². The molecule has 0 aliphatic carbocycles. The first-order valence-corrected chi connectivity index (χ1v) is 4.94. The summed E-state index contributed by atoms with van der Waals surface area (Å²) >= 11 is 0. The van der Waals surface area contributed by atoms with E-state index < -0.39 is 17.7 Å². The van der Waals surface area contributed by atoms with Gasteiger partial charge >= 0.3 is 6.18 Å². The summed E-state index contributed by atoms with van der Waals surface area (Å²) in [5.41, 5.74) is -0.595. The molecule has 1 rings (SSSR count). The van der Waals surface area contributed by atoms with E-state index in [9.17, 15) is 18.0 Å². The minimum Gasteiger partial charge on any atom is -0.294 e. The van der Waals surface area contributed by atoms with E-state index in [1.807, 2.05) is 6.07 Å². The van der Waals surface area contributed by atoms with Crippen LogP contribution in [0.25, 0.3) is 0 Å². The van der Waals surface area contributed by atoms with E-state index in [1.54, 1.807) is 6.92 Å². The largest absolute Gasteiger partial charge is 0.416 e. The number of ketones is 1. The van der Waals surface area contributed by atoms with Crippen LogP contribution < -0.4 is 0 Å². The molecular formula is C12H10F3NO. The van der Waals surface area contributed by atoms with Crippen molar-refractivity contribution in [2.24, 2.45) is 5.92 Å². The average Bonchev–Trinajstić information content (AvgIpc) is 2.27. The summed E-state index contributed by atoms with van der Waals surface area (Å²) in [6.45, 7) is 1.57. The Labute approximate surface area is 96.7 Å². The van der Waals surface area contributed by atoms with Crippen molar-refractivity contribution in [1.82, 2.24) is 0 Å². The maximum atomic E-state index is 12.3. The molecule has 1 aromatic rings. The highest BCUT2D eigenvalue weighted by Gasteiger charge is 2.30. The molecule has 1 aromatic carbocycles.